The number of hydrogen-bond donors (Lipinski definition) is 0. The Morgan fingerprint density at radius 2 is 1.88 bits per heavy atom. The summed E-state index contributed by atoms with van der Waals surface area (Å²) < 4.78 is 28.2. The molecule has 3 heterocycles. The van der Waals surface area contributed by atoms with E-state index < -0.39 is 9.84 Å². The summed E-state index contributed by atoms with van der Waals surface area (Å²) >= 11 is 0. The van der Waals surface area contributed by atoms with Crippen LogP contribution in [0, 0.1) is 0 Å². The third kappa shape index (κ3) is 1.69. The molecule has 0 saturated heterocycles. The number of sulfone groups is 1. The molecule has 2 aliphatic heterocycles. The van der Waals surface area contributed by atoms with E-state index in [-0.39, 0.29) is 6.17 Å². The third-order valence-corrected chi connectivity index (χ3v) is 6.70. The maximum atomic E-state index is 13.1. The maximum Gasteiger partial charge on any atom is 0.210 e. The molecular weight excluding hydrogens is 322 g/mol. The van der Waals surface area contributed by atoms with Gasteiger partial charge in [-0.2, -0.15) is 0 Å². The summed E-state index contributed by atoms with van der Waals surface area (Å²) in [7, 11) is -3.49. The quantitative estimate of drug-likeness (QED) is 0.683. The van der Waals surface area contributed by atoms with Crippen molar-refractivity contribution in [3.63, 3.8) is 0 Å². The van der Waals surface area contributed by atoms with Gasteiger partial charge in [0.05, 0.1) is 27.5 Å². The number of aryl methyl sites for hydroxylation is 1. The molecule has 24 heavy (non-hydrogen) atoms. The van der Waals surface area contributed by atoms with Gasteiger partial charge in [-0.1, -0.05) is 24.3 Å². The van der Waals surface area contributed by atoms with Crippen LogP contribution in [0.15, 0.2) is 71.0 Å². The summed E-state index contributed by atoms with van der Waals surface area (Å²) in [5.41, 5.74) is 2.65. The van der Waals surface area contributed by atoms with Crippen LogP contribution >= 0.6 is 0 Å². The number of fused-ring (bicyclic) bond motifs is 2. The van der Waals surface area contributed by atoms with Gasteiger partial charge in [0, 0.05) is 12.4 Å². The molecule has 1 unspecified atom stereocenters. The maximum absolute atomic E-state index is 13.1. The predicted octanol–water partition coefficient (Wildman–Crippen LogP) is 3.31. The normalized spacial score (nSPS) is 20.3. The van der Waals surface area contributed by atoms with E-state index in [4.69, 9.17) is 0 Å². The number of hydrogen-bond acceptors (Lipinski definition) is 4. The second-order valence-corrected chi connectivity index (χ2v) is 8.02. The number of imidazole rings is 1. The summed E-state index contributed by atoms with van der Waals surface area (Å²) in [5.74, 6) is 0. The average Bonchev–Trinajstić information content (AvgIpc) is 3.14. The smallest absolute Gasteiger partial charge is 0.210 e. The molecule has 0 radical (unpaired) electrons. The fourth-order valence-corrected chi connectivity index (χ4v) is 5.51. The lowest BCUT2D eigenvalue weighted by Crippen LogP contribution is -2.36. The fourth-order valence-electron chi connectivity index (χ4n) is 3.83. The Morgan fingerprint density at radius 1 is 1.04 bits per heavy atom. The van der Waals surface area contributed by atoms with Crippen LogP contribution in [0.1, 0.15) is 18.2 Å². The van der Waals surface area contributed by atoms with Gasteiger partial charge in [-0.25, -0.2) is 13.4 Å². The molecule has 0 bridgehead atoms. The molecule has 0 spiro atoms. The van der Waals surface area contributed by atoms with Crippen LogP contribution in [0.2, 0.25) is 0 Å². The molecule has 6 heteroatoms. The van der Waals surface area contributed by atoms with Crippen molar-refractivity contribution in [1.29, 1.82) is 0 Å². The number of rotatable bonds is 1. The lowest BCUT2D eigenvalue weighted by atomic mass is 9.98. The van der Waals surface area contributed by atoms with Crippen molar-refractivity contribution in [2.24, 2.45) is 0 Å². The highest BCUT2D eigenvalue weighted by Gasteiger charge is 2.40. The highest BCUT2D eigenvalue weighted by molar-refractivity contribution is 7.92. The van der Waals surface area contributed by atoms with Gasteiger partial charge in [-0.05, 0) is 36.6 Å². The first-order valence-electron chi connectivity index (χ1n) is 7.90. The topological polar surface area (TPSA) is 55.2 Å². The van der Waals surface area contributed by atoms with E-state index >= 15 is 0 Å². The number of benzene rings is 2. The van der Waals surface area contributed by atoms with Crippen molar-refractivity contribution in [2.75, 3.05) is 4.90 Å². The van der Waals surface area contributed by atoms with Crippen LogP contribution in [0.3, 0.4) is 0 Å². The second kappa shape index (κ2) is 4.70. The van der Waals surface area contributed by atoms with Crippen LogP contribution < -0.4 is 4.90 Å². The van der Waals surface area contributed by atoms with Crippen LogP contribution in [0.25, 0.3) is 0 Å². The Labute approximate surface area is 140 Å². The summed E-state index contributed by atoms with van der Waals surface area (Å²) in [5, 5.41) is 0. The van der Waals surface area contributed by atoms with Gasteiger partial charge in [0.25, 0.3) is 0 Å². The van der Waals surface area contributed by atoms with Crippen molar-refractivity contribution in [2.45, 2.75) is 28.8 Å². The van der Waals surface area contributed by atoms with Crippen molar-refractivity contribution in [3.05, 3.63) is 66.7 Å². The first kappa shape index (κ1) is 13.8. The lowest BCUT2D eigenvalue weighted by molar-refractivity contribution is 0.449. The zero-order chi connectivity index (χ0) is 16.3. The van der Waals surface area contributed by atoms with E-state index in [0.717, 1.165) is 29.8 Å². The van der Waals surface area contributed by atoms with E-state index in [1.165, 1.54) is 0 Å². The third-order valence-electron chi connectivity index (χ3n) is 4.87. The number of anilines is 2. The summed E-state index contributed by atoms with van der Waals surface area (Å²) in [6, 6.07) is 12.8. The molecule has 1 atom stereocenters. The highest BCUT2D eigenvalue weighted by Crippen LogP contribution is 2.51. The largest absolute Gasteiger partial charge is 0.317 e. The molecule has 2 aliphatic rings. The molecule has 0 amide bonds. The number of aromatic nitrogens is 2. The summed E-state index contributed by atoms with van der Waals surface area (Å²) in [4.78, 5) is 7.11. The first-order chi connectivity index (χ1) is 11.7. The summed E-state index contributed by atoms with van der Waals surface area (Å²) in [6.45, 7) is 0. The zero-order valence-electron chi connectivity index (χ0n) is 12.8. The van der Waals surface area contributed by atoms with Crippen molar-refractivity contribution < 1.29 is 8.42 Å². The highest BCUT2D eigenvalue weighted by atomic mass is 32.2. The van der Waals surface area contributed by atoms with Crippen molar-refractivity contribution in [3.8, 4) is 0 Å². The van der Waals surface area contributed by atoms with Gasteiger partial charge in [-0.15, -0.1) is 0 Å². The zero-order valence-corrected chi connectivity index (χ0v) is 13.6. The second-order valence-electron chi connectivity index (χ2n) is 6.13. The molecule has 3 aromatic rings. The lowest BCUT2D eigenvalue weighted by Gasteiger charge is -2.43. The number of para-hydroxylation sites is 2. The SMILES string of the molecule is O=S1(=O)c2ccccc2N2c3c(cccc31)CCC2n1ccnc1. The Hall–Kier alpha value is -2.60. The molecular formula is C18H15N3O2S. The van der Waals surface area contributed by atoms with Crippen LogP contribution in [0.5, 0.6) is 0 Å². The Balaban J connectivity index is 1.86. The van der Waals surface area contributed by atoms with Gasteiger partial charge in [0.2, 0.25) is 9.84 Å². The Morgan fingerprint density at radius 3 is 2.71 bits per heavy atom. The molecule has 120 valence electrons. The van der Waals surface area contributed by atoms with Gasteiger partial charge in [-0.3, -0.25) is 0 Å². The van der Waals surface area contributed by atoms with E-state index in [9.17, 15) is 8.42 Å². The van der Waals surface area contributed by atoms with Crippen molar-refractivity contribution in [1.82, 2.24) is 9.55 Å². The standard InChI is InChI=1S/C18H15N3O2S/c22-24(23)15-6-2-1-5-14(15)21-17(20-11-10-19-12-20)9-8-13-4-3-7-16(24)18(13)21/h1-7,10-12,17H,8-9H2. The van der Waals surface area contributed by atoms with Crippen molar-refractivity contribution >= 4 is 21.2 Å². The minimum absolute atomic E-state index is 0.0257. The number of nitrogens with zero attached hydrogens (tertiary/aromatic N) is 3. The van der Waals surface area contributed by atoms with E-state index in [2.05, 4.69) is 14.5 Å². The molecule has 0 saturated carbocycles. The van der Waals surface area contributed by atoms with Gasteiger partial charge < -0.3 is 9.47 Å². The van der Waals surface area contributed by atoms with E-state index in [1.807, 2.05) is 30.5 Å². The minimum atomic E-state index is -3.49. The van der Waals surface area contributed by atoms with Crippen LogP contribution in [0.4, 0.5) is 11.4 Å². The molecule has 5 nitrogen and oxygen atoms in total. The van der Waals surface area contributed by atoms with Crippen LogP contribution in [-0.2, 0) is 16.3 Å². The Bertz CT molecular complexity index is 1040. The van der Waals surface area contributed by atoms with Gasteiger partial charge >= 0.3 is 0 Å². The summed E-state index contributed by atoms with van der Waals surface area (Å²) in [6.07, 6.45) is 7.27. The van der Waals surface area contributed by atoms with E-state index in [0.29, 0.717) is 9.79 Å². The average molecular weight is 337 g/mol. The fraction of sp³-hybridized carbons (Fsp3) is 0.167. The Kier molecular flexibility index (Phi) is 2.71. The monoisotopic (exact) mass is 337 g/mol. The molecule has 2 aromatic carbocycles. The van der Waals surface area contributed by atoms with Gasteiger partial charge in [0.1, 0.15) is 6.17 Å². The first-order valence-corrected chi connectivity index (χ1v) is 9.39. The predicted molar refractivity (Wildman–Crippen MR) is 90.1 cm³/mol. The van der Waals surface area contributed by atoms with E-state index in [1.54, 1.807) is 30.7 Å². The van der Waals surface area contributed by atoms with Crippen LogP contribution in [-0.4, -0.2) is 18.0 Å². The molecule has 0 aliphatic carbocycles. The minimum Gasteiger partial charge on any atom is -0.317 e. The molecule has 0 N–H and O–H groups in total. The van der Waals surface area contributed by atoms with Gasteiger partial charge in [0.15, 0.2) is 0 Å². The molecule has 1 aromatic heterocycles. The molecule has 0 fully saturated rings. The molecule has 5 rings (SSSR count).